The van der Waals surface area contributed by atoms with E-state index in [1.54, 1.807) is 24.5 Å². The molecule has 2 aromatic carbocycles. The maximum absolute atomic E-state index is 13.2. The number of carbonyl (C=O) groups is 1. The molecule has 0 saturated carbocycles. The predicted octanol–water partition coefficient (Wildman–Crippen LogP) is 4.22. The molecule has 2 aromatic heterocycles. The molecule has 0 spiro atoms. The third-order valence-corrected chi connectivity index (χ3v) is 7.57. The van der Waals surface area contributed by atoms with Crippen LogP contribution in [0.2, 0.25) is 0 Å². The van der Waals surface area contributed by atoms with Crippen LogP contribution in [0, 0.1) is 16.7 Å². The number of alkyl halides is 2. The van der Waals surface area contributed by atoms with Gasteiger partial charge in [-0.1, -0.05) is 12.1 Å². The van der Waals surface area contributed by atoms with E-state index in [2.05, 4.69) is 21.4 Å². The molecule has 11 heteroatoms. The number of nitrogens with one attached hydrogen (secondary N) is 1. The molecule has 9 nitrogen and oxygen atoms in total. The topological polar surface area (TPSA) is 109 Å². The molecule has 1 fully saturated rings. The highest BCUT2D eigenvalue weighted by Crippen LogP contribution is 2.47. The van der Waals surface area contributed by atoms with Crippen LogP contribution >= 0.6 is 0 Å². The van der Waals surface area contributed by atoms with E-state index in [1.807, 2.05) is 34.6 Å². The SMILES string of the molecule is CC1(C#N)CN(c2ncc(-c3ccc4nc5n(c4c3)C3CC5NC(=O)c4cccc(OC(F)F)c43)cn2)C1. The number of nitriles is 1. The molecule has 1 saturated heterocycles. The summed E-state index contributed by atoms with van der Waals surface area (Å²) in [6.45, 7) is 0.0901. The average molecular weight is 514 g/mol. The molecule has 3 aliphatic rings. The number of hydrogen-bond donors (Lipinski definition) is 1. The third kappa shape index (κ3) is 3.33. The molecule has 7 rings (SSSR count). The van der Waals surface area contributed by atoms with Crippen LogP contribution in [0.15, 0.2) is 48.8 Å². The van der Waals surface area contributed by atoms with E-state index in [-0.39, 0.29) is 23.1 Å². The Morgan fingerprint density at radius 2 is 1.97 bits per heavy atom. The zero-order valence-electron chi connectivity index (χ0n) is 20.2. The number of hydrogen-bond acceptors (Lipinski definition) is 7. The van der Waals surface area contributed by atoms with Crippen LogP contribution in [0.1, 0.15) is 47.2 Å². The molecule has 2 atom stereocenters. The van der Waals surface area contributed by atoms with E-state index in [0.717, 1.165) is 22.2 Å². The zero-order chi connectivity index (χ0) is 26.2. The van der Waals surface area contributed by atoms with Crippen molar-refractivity contribution in [2.45, 2.75) is 32.0 Å². The second kappa shape index (κ2) is 7.95. The van der Waals surface area contributed by atoms with Gasteiger partial charge in [0.15, 0.2) is 0 Å². The second-order valence-electron chi connectivity index (χ2n) is 10.2. The first-order valence-electron chi connectivity index (χ1n) is 12.2. The second-order valence-corrected chi connectivity index (χ2v) is 10.2. The number of aromatic nitrogens is 4. The first-order valence-corrected chi connectivity index (χ1v) is 12.2. The first-order chi connectivity index (χ1) is 18.3. The summed E-state index contributed by atoms with van der Waals surface area (Å²) in [5.74, 6) is 0.919. The summed E-state index contributed by atoms with van der Waals surface area (Å²) in [7, 11) is 0. The van der Waals surface area contributed by atoms with Gasteiger partial charge in [-0.3, -0.25) is 4.79 Å². The van der Waals surface area contributed by atoms with Crippen LogP contribution in [-0.4, -0.2) is 45.1 Å². The standard InChI is InChI=1S/C27H21F2N7O2/c1-27(11-30)12-35(13-27)26-31-9-15(10-32-26)14-5-6-17-19(7-14)36-20-8-18(23(36)33-17)34-24(37)16-3-2-4-21(22(16)20)38-25(28)29/h2-7,9-10,18,20,25H,8,12-13H2,1H3,(H,34,37). The lowest BCUT2D eigenvalue weighted by Gasteiger charge is -2.43. The molecule has 0 radical (unpaired) electrons. The molecule has 4 aromatic rings. The monoisotopic (exact) mass is 513 g/mol. The van der Waals surface area contributed by atoms with Gasteiger partial charge in [-0.05, 0) is 43.2 Å². The van der Waals surface area contributed by atoms with E-state index < -0.39 is 12.7 Å². The number of ether oxygens (including phenoxy) is 1. The summed E-state index contributed by atoms with van der Waals surface area (Å²) in [6.07, 6.45) is 3.99. The Bertz CT molecular complexity index is 1650. The number of fused-ring (bicyclic) bond motifs is 9. The van der Waals surface area contributed by atoms with Crippen LogP contribution < -0.4 is 15.0 Å². The molecule has 2 unspecified atom stereocenters. The minimum Gasteiger partial charge on any atom is -0.434 e. The number of carbonyl (C=O) groups excluding carboxylic acids is 1. The van der Waals surface area contributed by atoms with Gasteiger partial charge in [-0.2, -0.15) is 14.0 Å². The molecular weight excluding hydrogens is 492 g/mol. The van der Waals surface area contributed by atoms with Crippen LogP contribution in [0.3, 0.4) is 0 Å². The Labute approximate surface area is 215 Å². The molecule has 2 bridgehead atoms. The minimum absolute atomic E-state index is 0.00775. The fraction of sp³-hybridized carbons (Fsp3) is 0.296. The number of benzene rings is 2. The fourth-order valence-electron chi connectivity index (χ4n) is 5.83. The van der Waals surface area contributed by atoms with Crippen LogP contribution in [0.5, 0.6) is 5.75 Å². The lowest BCUT2D eigenvalue weighted by molar-refractivity contribution is -0.0507. The van der Waals surface area contributed by atoms with E-state index >= 15 is 0 Å². The number of imidazole rings is 1. The summed E-state index contributed by atoms with van der Waals surface area (Å²) < 4.78 is 33.4. The summed E-state index contributed by atoms with van der Waals surface area (Å²) in [5.41, 5.74) is 3.61. The number of amides is 1. The lowest BCUT2D eigenvalue weighted by Crippen LogP contribution is -2.54. The average Bonchev–Trinajstić information content (AvgIpc) is 3.38. The Kier molecular flexibility index (Phi) is 4.73. The number of anilines is 1. The molecule has 38 heavy (non-hydrogen) atoms. The Morgan fingerprint density at radius 1 is 1.18 bits per heavy atom. The quantitative estimate of drug-likeness (QED) is 0.435. The molecule has 1 N–H and O–H groups in total. The zero-order valence-corrected chi connectivity index (χ0v) is 20.2. The predicted molar refractivity (Wildman–Crippen MR) is 133 cm³/mol. The van der Waals surface area contributed by atoms with Gasteiger partial charge in [0.1, 0.15) is 11.6 Å². The fourth-order valence-corrected chi connectivity index (χ4v) is 5.83. The van der Waals surface area contributed by atoms with Gasteiger partial charge in [0, 0.05) is 42.2 Å². The van der Waals surface area contributed by atoms with Crippen LogP contribution in [0.25, 0.3) is 22.2 Å². The highest BCUT2D eigenvalue weighted by atomic mass is 19.3. The van der Waals surface area contributed by atoms with Crippen molar-refractivity contribution >= 4 is 22.9 Å². The maximum atomic E-state index is 13.2. The highest BCUT2D eigenvalue weighted by Gasteiger charge is 2.42. The summed E-state index contributed by atoms with van der Waals surface area (Å²) >= 11 is 0. The van der Waals surface area contributed by atoms with Gasteiger partial charge in [-0.15, -0.1) is 0 Å². The van der Waals surface area contributed by atoms with Crippen molar-refractivity contribution in [2.75, 3.05) is 18.0 Å². The summed E-state index contributed by atoms with van der Waals surface area (Å²) in [5, 5.41) is 12.2. The van der Waals surface area contributed by atoms with Gasteiger partial charge in [-0.25, -0.2) is 15.0 Å². The van der Waals surface area contributed by atoms with Gasteiger partial charge >= 0.3 is 6.61 Å². The molecular formula is C27H21F2N7O2. The number of rotatable bonds is 4. The van der Waals surface area contributed by atoms with Crippen molar-refractivity contribution in [3.8, 4) is 22.9 Å². The highest BCUT2D eigenvalue weighted by molar-refractivity contribution is 5.98. The van der Waals surface area contributed by atoms with Gasteiger partial charge in [0.2, 0.25) is 5.95 Å². The summed E-state index contributed by atoms with van der Waals surface area (Å²) in [4.78, 5) is 28.7. The Balaban J connectivity index is 1.29. The third-order valence-electron chi connectivity index (χ3n) is 7.57. The minimum atomic E-state index is -3.01. The van der Waals surface area contributed by atoms with Gasteiger partial charge < -0.3 is 19.5 Å². The van der Waals surface area contributed by atoms with Crippen LogP contribution in [-0.2, 0) is 0 Å². The van der Waals surface area contributed by atoms with E-state index in [4.69, 9.17) is 9.72 Å². The van der Waals surface area contributed by atoms with E-state index in [9.17, 15) is 18.8 Å². The van der Waals surface area contributed by atoms with Gasteiger partial charge in [0.25, 0.3) is 5.91 Å². The van der Waals surface area contributed by atoms with Gasteiger partial charge in [0.05, 0.1) is 34.6 Å². The first kappa shape index (κ1) is 22.6. The smallest absolute Gasteiger partial charge is 0.387 e. The molecule has 5 heterocycles. The Morgan fingerprint density at radius 3 is 2.71 bits per heavy atom. The molecule has 3 aliphatic heterocycles. The van der Waals surface area contributed by atoms with Crippen molar-refractivity contribution in [2.24, 2.45) is 5.41 Å². The lowest BCUT2D eigenvalue weighted by atomic mass is 9.84. The van der Waals surface area contributed by atoms with E-state index in [0.29, 0.717) is 42.4 Å². The summed E-state index contributed by atoms with van der Waals surface area (Å²) in [6, 6.07) is 12.0. The maximum Gasteiger partial charge on any atom is 0.387 e. The Hall–Kier alpha value is -4.59. The largest absolute Gasteiger partial charge is 0.434 e. The van der Waals surface area contributed by atoms with Crippen LogP contribution in [0.4, 0.5) is 14.7 Å². The number of halogens is 2. The van der Waals surface area contributed by atoms with Crippen molar-refractivity contribution in [3.63, 3.8) is 0 Å². The van der Waals surface area contributed by atoms with E-state index in [1.165, 1.54) is 6.07 Å². The van der Waals surface area contributed by atoms with Crippen molar-refractivity contribution in [3.05, 3.63) is 65.7 Å². The van der Waals surface area contributed by atoms with Crippen molar-refractivity contribution in [1.29, 1.82) is 5.26 Å². The van der Waals surface area contributed by atoms with Crippen molar-refractivity contribution in [1.82, 2.24) is 24.8 Å². The molecule has 190 valence electrons. The number of nitrogens with zero attached hydrogens (tertiary/aromatic N) is 6. The normalized spacial score (nSPS) is 20.8. The molecule has 1 amide bonds. The molecule has 0 aliphatic carbocycles. The van der Waals surface area contributed by atoms with Crippen molar-refractivity contribution < 1.29 is 18.3 Å².